The maximum atomic E-state index is 10.9. The molecule has 0 aliphatic carbocycles. The molecule has 0 atom stereocenters. The molecule has 0 radical (unpaired) electrons. The number of hydrogen-bond donors (Lipinski definition) is 0. The van der Waals surface area contributed by atoms with E-state index in [2.05, 4.69) is 9.47 Å². The SMILES string of the molecule is CCOC(=O)Oc1ccc(S(=O)(=O)[O-])cc1.[Na+]. The van der Waals surface area contributed by atoms with Crippen molar-refractivity contribution in [2.75, 3.05) is 6.61 Å². The average Bonchev–Trinajstić information content (AvgIpc) is 2.17. The van der Waals surface area contributed by atoms with Crippen LogP contribution in [0.25, 0.3) is 0 Å². The molecule has 0 N–H and O–H groups in total. The van der Waals surface area contributed by atoms with Crippen LogP contribution in [0.15, 0.2) is 29.2 Å². The quantitative estimate of drug-likeness (QED) is 0.276. The molecule has 0 amide bonds. The largest absolute Gasteiger partial charge is 1.00 e. The smallest absolute Gasteiger partial charge is 0.744 e. The van der Waals surface area contributed by atoms with Gasteiger partial charge in [0.05, 0.1) is 11.5 Å². The van der Waals surface area contributed by atoms with Gasteiger partial charge in [0.1, 0.15) is 15.9 Å². The first kappa shape index (κ1) is 16.4. The first-order valence-corrected chi connectivity index (χ1v) is 5.75. The van der Waals surface area contributed by atoms with Gasteiger partial charge >= 0.3 is 35.7 Å². The Kier molecular flexibility index (Phi) is 6.73. The van der Waals surface area contributed by atoms with Crippen LogP contribution in [-0.4, -0.2) is 25.7 Å². The monoisotopic (exact) mass is 268 g/mol. The van der Waals surface area contributed by atoms with Gasteiger partial charge in [-0.05, 0) is 31.2 Å². The van der Waals surface area contributed by atoms with E-state index in [9.17, 15) is 17.8 Å². The van der Waals surface area contributed by atoms with Crippen molar-refractivity contribution in [3.05, 3.63) is 24.3 Å². The molecule has 0 aromatic heterocycles. The van der Waals surface area contributed by atoms with Crippen molar-refractivity contribution in [2.45, 2.75) is 11.8 Å². The van der Waals surface area contributed by atoms with Gasteiger partial charge in [-0.15, -0.1) is 0 Å². The van der Waals surface area contributed by atoms with Gasteiger partial charge in [-0.1, -0.05) is 0 Å². The van der Waals surface area contributed by atoms with E-state index in [-0.39, 0.29) is 46.8 Å². The minimum atomic E-state index is -4.48. The summed E-state index contributed by atoms with van der Waals surface area (Å²) in [5.41, 5.74) is 0. The van der Waals surface area contributed by atoms with Gasteiger partial charge < -0.3 is 14.0 Å². The Balaban J connectivity index is 0.00000256. The summed E-state index contributed by atoms with van der Waals surface area (Å²) in [6.45, 7) is 1.79. The second kappa shape index (κ2) is 6.97. The summed E-state index contributed by atoms with van der Waals surface area (Å²) in [4.78, 5) is 10.5. The Hall–Kier alpha value is -0.600. The van der Waals surface area contributed by atoms with E-state index < -0.39 is 16.3 Å². The standard InChI is InChI=1S/C9H10O6S.Na/c1-2-14-9(10)15-7-3-5-8(6-4-7)16(11,12)13;/h3-6H,2H2,1H3,(H,11,12,13);/q;+1/p-1. The van der Waals surface area contributed by atoms with Crippen molar-refractivity contribution in [1.82, 2.24) is 0 Å². The van der Waals surface area contributed by atoms with Gasteiger partial charge in [-0.25, -0.2) is 13.2 Å². The molecule has 88 valence electrons. The molecule has 0 bridgehead atoms. The fourth-order valence-corrected chi connectivity index (χ4v) is 1.39. The second-order valence-corrected chi connectivity index (χ2v) is 4.09. The van der Waals surface area contributed by atoms with Gasteiger partial charge in [-0.2, -0.15) is 0 Å². The van der Waals surface area contributed by atoms with Crippen molar-refractivity contribution in [3.8, 4) is 5.75 Å². The molecule has 0 saturated heterocycles. The Labute approximate surface area is 121 Å². The Bertz CT molecular complexity index is 467. The van der Waals surface area contributed by atoms with Gasteiger partial charge in [0.2, 0.25) is 0 Å². The number of carbonyl (C=O) groups excluding carboxylic acids is 1. The zero-order chi connectivity index (χ0) is 12.2. The van der Waals surface area contributed by atoms with Crippen LogP contribution in [0.5, 0.6) is 5.75 Å². The molecule has 0 spiro atoms. The zero-order valence-electron chi connectivity index (χ0n) is 9.37. The van der Waals surface area contributed by atoms with Crippen LogP contribution in [-0.2, 0) is 14.9 Å². The molecular weight excluding hydrogens is 259 g/mol. The summed E-state index contributed by atoms with van der Waals surface area (Å²) in [5, 5.41) is 0. The third-order valence-corrected chi connectivity index (χ3v) is 2.43. The topological polar surface area (TPSA) is 92.7 Å². The Morgan fingerprint density at radius 1 is 1.29 bits per heavy atom. The van der Waals surface area contributed by atoms with Crippen molar-refractivity contribution < 1.29 is 56.8 Å². The summed E-state index contributed by atoms with van der Waals surface area (Å²) >= 11 is 0. The maximum absolute atomic E-state index is 10.9. The molecule has 0 heterocycles. The van der Waals surface area contributed by atoms with Gasteiger partial charge in [0.15, 0.2) is 0 Å². The van der Waals surface area contributed by atoms with Crippen LogP contribution in [0.1, 0.15) is 6.92 Å². The molecule has 8 heteroatoms. The number of benzene rings is 1. The van der Waals surface area contributed by atoms with E-state index in [1.807, 2.05) is 0 Å². The van der Waals surface area contributed by atoms with E-state index in [1.54, 1.807) is 6.92 Å². The van der Waals surface area contributed by atoms with E-state index in [1.165, 1.54) is 12.1 Å². The Morgan fingerprint density at radius 3 is 2.24 bits per heavy atom. The predicted molar refractivity (Wildman–Crippen MR) is 52.1 cm³/mol. The maximum Gasteiger partial charge on any atom is 1.00 e. The number of rotatable bonds is 3. The normalized spacial score (nSPS) is 10.2. The molecule has 6 nitrogen and oxygen atoms in total. The van der Waals surface area contributed by atoms with E-state index >= 15 is 0 Å². The summed E-state index contributed by atoms with van der Waals surface area (Å²) < 4.78 is 40.9. The molecule has 0 aliphatic rings. The van der Waals surface area contributed by atoms with Gasteiger partial charge in [-0.3, -0.25) is 0 Å². The summed E-state index contributed by atoms with van der Waals surface area (Å²) in [7, 11) is -4.48. The van der Waals surface area contributed by atoms with E-state index in [0.717, 1.165) is 12.1 Å². The van der Waals surface area contributed by atoms with E-state index in [4.69, 9.17) is 0 Å². The van der Waals surface area contributed by atoms with Crippen LogP contribution in [0.2, 0.25) is 0 Å². The summed E-state index contributed by atoms with van der Waals surface area (Å²) in [6, 6.07) is 4.50. The first-order chi connectivity index (χ1) is 7.43. The van der Waals surface area contributed by atoms with Crippen molar-refractivity contribution in [3.63, 3.8) is 0 Å². The molecule has 1 aromatic rings. The fourth-order valence-electron chi connectivity index (χ4n) is 0.918. The third-order valence-electron chi connectivity index (χ3n) is 1.58. The second-order valence-electron chi connectivity index (χ2n) is 2.71. The fraction of sp³-hybridized carbons (Fsp3) is 0.222. The molecule has 0 aliphatic heterocycles. The predicted octanol–water partition coefficient (Wildman–Crippen LogP) is -1.87. The molecule has 0 saturated carbocycles. The summed E-state index contributed by atoms with van der Waals surface area (Å²) in [6.07, 6.45) is -0.889. The molecule has 1 rings (SSSR count). The van der Waals surface area contributed by atoms with Crippen LogP contribution in [0.3, 0.4) is 0 Å². The number of ether oxygens (including phenoxy) is 2. The van der Waals surface area contributed by atoms with Crippen molar-refractivity contribution in [1.29, 1.82) is 0 Å². The minimum absolute atomic E-state index is 0. The van der Waals surface area contributed by atoms with E-state index in [0.29, 0.717) is 0 Å². The number of hydrogen-bond acceptors (Lipinski definition) is 6. The van der Waals surface area contributed by atoms with Crippen molar-refractivity contribution >= 4 is 16.3 Å². The van der Waals surface area contributed by atoms with Crippen molar-refractivity contribution in [2.24, 2.45) is 0 Å². The number of carbonyl (C=O) groups is 1. The average molecular weight is 268 g/mol. The third kappa shape index (κ3) is 5.51. The molecule has 1 aromatic carbocycles. The van der Waals surface area contributed by atoms with Crippen LogP contribution in [0, 0.1) is 0 Å². The Morgan fingerprint density at radius 2 is 1.82 bits per heavy atom. The molecule has 17 heavy (non-hydrogen) atoms. The minimum Gasteiger partial charge on any atom is -0.744 e. The van der Waals surface area contributed by atoms with Gasteiger partial charge in [0, 0.05) is 0 Å². The first-order valence-electron chi connectivity index (χ1n) is 4.34. The molecule has 0 unspecified atom stereocenters. The van der Waals surface area contributed by atoms with Crippen LogP contribution < -0.4 is 34.3 Å². The zero-order valence-corrected chi connectivity index (χ0v) is 12.2. The van der Waals surface area contributed by atoms with Gasteiger partial charge in [0.25, 0.3) is 0 Å². The van der Waals surface area contributed by atoms with Crippen LogP contribution in [0.4, 0.5) is 4.79 Å². The van der Waals surface area contributed by atoms with Crippen LogP contribution >= 0.6 is 0 Å². The molecule has 0 fully saturated rings. The molecular formula is C9H9NaO6S. The summed E-state index contributed by atoms with van der Waals surface area (Å²) in [5.74, 6) is 0.103.